The van der Waals surface area contributed by atoms with Gasteiger partial charge < -0.3 is 10.0 Å². The molecular formula is C22H25N3O3S. The van der Waals surface area contributed by atoms with Crippen molar-refractivity contribution in [1.82, 2.24) is 14.5 Å². The van der Waals surface area contributed by atoms with Crippen molar-refractivity contribution in [2.75, 3.05) is 14.1 Å². The Hall–Kier alpha value is -2.51. The monoisotopic (exact) mass is 411 g/mol. The van der Waals surface area contributed by atoms with E-state index in [1.807, 2.05) is 25.1 Å². The summed E-state index contributed by atoms with van der Waals surface area (Å²) in [7, 11) is 3.90. The summed E-state index contributed by atoms with van der Waals surface area (Å²) in [5.41, 5.74) is 2.16. The summed E-state index contributed by atoms with van der Waals surface area (Å²) in [6.07, 6.45) is 3.03. The van der Waals surface area contributed by atoms with Crippen LogP contribution in [-0.2, 0) is 25.9 Å². The molecule has 6 nitrogen and oxygen atoms in total. The third-order valence-electron chi connectivity index (χ3n) is 5.47. The lowest BCUT2D eigenvalue weighted by Crippen LogP contribution is -2.29. The third-order valence-corrected chi connectivity index (χ3v) is 6.61. The summed E-state index contributed by atoms with van der Waals surface area (Å²) in [5, 5.41) is 10.0. The molecule has 0 aliphatic heterocycles. The number of aromatic nitrogens is 2. The number of carboxylic acid groups (broad SMARTS) is 1. The van der Waals surface area contributed by atoms with Crippen molar-refractivity contribution in [2.24, 2.45) is 5.92 Å². The molecule has 0 saturated heterocycles. The quantitative estimate of drug-likeness (QED) is 0.697. The number of hydrogen-bond donors (Lipinski definition) is 1. The summed E-state index contributed by atoms with van der Waals surface area (Å²) in [5.74, 6) is 0.375. The molecule has 0 saturated carbocycles. The molecule has 0 amide bonds. The zero-order valence-electron chi connectivity index (χ0n) is 16.9. The van der Waals surface area contributed by atoms with Gasteiger partial charge in [-0.15, -0.1) is 11.3 Å². The molecule has 1 unspecified atom stereocenters. The van der Waals surface area contributed by atoms with Crippen LogP contribution in [0.15, 0.2) is 29.1 Å². The molecule has 29 heavy (non-hydrogen) atoms. The summed E-state index contributed by atoms with van der Waals surface area (Å²) < 4.78 is 1.72. The highest BCUT2D eigenvalue weighted by atomic mass is 32.1. The summed E-state index contributed by atoms with van der Waals surface area (Å²) in [4.78, 5) is 33.9. The zero-order chi connectivity index (χ0) is 20.7. The lowest BCUT2D eigenvalue weighted by Gasteiger charge is -2.18. The van der Waals surface area contributed by atoms with Gasteiger partial charge in [0.15, 0.2) is 0 Å². The largest absolute Gasteiger partial charge is 0.478 e. The van der Waals surface area contributed by atoms with Crippen molar-refractivity contribution in [3.8, 4) is 0 Å². The van der Waals surface area contributed by atoms with Crippen LogP contribution in [0.2, 0.25) is 0 Å². The number of carbonyl (C=O) groups is 1. The first kappa shape index (κ1) is 19.8. The van der Waals surface area contributed by atoms with Crippen LogP contribution in [0.3, 0.4) is 0 Å². The second-order valence-corrected chi connectivity index (χ2v) is 9.28. The molecule has 1 N–H and O–H groups in total. The number of benzene rings is 1. The number of aryl methyl sites for hydroxylation is 1. The Morgan fingerprint density at radius 1 is 1.38 bits per heavy atom. The van der Waals surface area contributed by atoms with Gasteiger partial charge in [-0.25, -0.2) is 9.78 Å². The molecule has 3 aromatic rings. The van der Waals surface area contributed by atoms with E-state index in [0.29, 0.717) is 24.8 Å². The molecule has 1 aliphatic rings. The van der Waals surface area contributed by atoms with Crippen molar-refractivity contribution >= 4 is 27.5 Å². The molecule has 1 aromatic carbocycles. The lowest BCUT2D eigenvalue weighted by atomic mass is 9.89. The Balaban J connectivity index is 1.87. The topological polar surface area (TPSA) is 75.4 Å². The first-order valence-electron chi connectivity index (χ1n) is 9.84. The second kappa shape index (κ2) is 7.72. The molecule has 1 aliphatic carbocycles. The van der Waals surface area contributed by atoms with Gasteiger partial charge in [0.2, 0.25) is 0 Å². The normalized spacial score (nSPS) is 16.3. The van der Waals surface area contributed by atoms with Gasteiger partial charge in [-0.05, 0) is 62.5 Å². The minimum Gasteiger partial charge on any atom is -0.478 e. The summed E-state index contributed by atoms with van der Waals surface area (Å²) in [6, 6.07) is 6.76. The van der Waals surface area contributed by atoms with Crippen molar-refractivity contribution in [3.05, 3.63) is 62.0 Å². The highest BCUT2D eigenvalue weighted by molar-refractivity contribution is 7.18. The van der Waals surface area contributed by atoms with E-state index in [1.54, 1.807) is 34.1 Å². The van der Waals surface area contributed by atoms with Crippen LogP contribution in [-0.4, -0.2) is 39.6 Å². The van der Waals surface area contributed by atoms with E-state index in [9.17, 15) is 14.7 Å². The summed E-state index contributed by atoms with van der Waals surface area (Å²) >= 11 is 1.66. The SMILES string of the molecule is CC1CCc2c(sc3nc(CN(C)C)n(Cc4cccc(C(=O)O)c4)c(=O)c23)C1. The number of nitrogens with zero attached hydrogens (tertiary/aromatic N) is 3. The molecule has 2 heterocycles. The van der Waals surface area contributed by atoms with Crippen LogP contribution in [0.5, 0.6) is 0 Å². The maximum atomic E-state index is 13.6. The average Bonchev–Trinajstić information content (AvgIpc) is 3.01. The molecule has 2 aromatic heterocycles. The Morgan fingerprint density at radius 3 is 2.90 bits per heavy atom. The predicted molar refractivity (Wildman–Crippen MR) is 115 cm³/mol. The number of rotatable bonds is 5. The highest BCUT2D eigenvalue weighted by Crippen LogP contribution is 2.36. The number of thiophene rings is 1. The fourth-order valence-corrected chi connectivity index (χ4v) is 5.41. The van der Waals surface area contributed by atoms with Crippen molar-refractivity contribution in [3.63, 3.8) is 0 Å². The minimum absolute atomic E-state index is 0.0142. The van der Waals surface area contributed by atoms with Crippen LogP contribution in [0.4, 0.5) is 0 Å². The van der Waals surface area contributed by atoms with Gasteiger partial charge in [0.1, 0.15) is 10.7 Å². The Labute approximate surface area is 173 Å². The third kappa shape index (κ3) is 3.84. The van der Waals surface area contributed by atoms with E-state index in [4.69, 9.17) is 4.98 Å². The Kier molecular flexibility index (Phi) is 5.27. The molecule has 0 bridgehead atoms. The zero-order valence-corrected chi connectivity index (χ0v) is 17.8. The number of hydrogen-bond acceptors (Lipinski definition) is 5. The van der Waals surface area contributed by atoms with E-state index < -0.39 is 5.97 Å². The van der Waals surface area contributed by atoms with Crippen molar-refractivity contribution < 1.29 is 9.90 Å². The van der Waals surface area contributed by atoms with Gasteiger partial charge in [-0.2, -0.15) is 0 Å². The molecule has 0 fully saturated rings. The lowest BCUT2D eigenvalue weighted by molar-refractivity contribution is 0.0696. The van der Waals surface area contributed by atoms with Crippen LogP contribution in [0.25, 0.3) is 10.2 Å². The minimum atomic E-state index is -0.970. The van der Waals surface area contributed by atoms with Crippen LogP contribution in [0, 0.1) is 5.92 Å². The molecule has 0 radical (unpaired) electrons. The van der Waals surface area contributed by atoms with Crippen LogP contribution < -0.4 is 5.56 Å². The molecular weight excluding hydrogens is 386 g/mol. The fraction of sp³-hybridized carbons (Fsp3) is 0.409. The van der Waals surface area contributed by atoms with Gasteiger partial charge in [-0.3, -0.25) is 9.36 Å². The van der Waals surface area contributed by atoms with Crippen LogP contribution in [0.1, 0.15) is 45.5 Å². The van der Waals surface area contributed by atoms with Gasteiger partial charge in [0.05, 0.1) is 24.0 Å². The van der Waals surface area contributed by atoms with Crippen molar-refractivity contribution in [1.29, 1.82) is 0 Å². The Morgan fingerprint density at radius 2 is 2.17 bits per heavy atom. The molecule has 1 atom stereocenters. The highest BCUT2D eigenvalue weighted by Gasteiger charge is 2.24. The Bertz CT molecular complexity index is 1150. The number of carboxylic acids is 1. The number of fused-ring (bicyclic) bond motifs is 3. The van der Waals surface area contributed by atoms with Crippen LogP contribution >= 0.6 is 11.3 Å². The van der Waals surface area contributed by atoms with E-state index in [0.717, 1.165) is 35.0 Å². The van der Waals surface area contributed by atoms with Crippen molar-refractivity contribution in [2.45, 2.75) is 39.3 Å². The van der Waals surface area contributed by atoms with E-state index in [1.165, 1.54) is 10.4 Å². The fourth-order valence-electron chi connectivity index (χ4n) is 4.02. The summed E-state index contributed by atoms with van der Waals surface area (Å²) in [6.45, 7) is 3.11. The van der Waals surface area contributed by atoms with E-state index in [2.05, 4.69) is 6.92 Å². The first-order valence-corrected chi connectivity index (χ1v) is 10.7. The second-order valence-electron chi connectivity index (χ2n) is 8.19. The first-order chi connectivity index (χ1) is 13.8. The van der Waals surface area contributed by atoms with E-state index >= 15 is 0 Å². The number of aromatic carboxylic acids is 1. The van der Waals surface area contributed by atoms with Gasteiger partial charge in [-0.1, -0.05) is 19.1 Å². The molecule has 4 rings (SSSR count). The van der Waals surface area contributed by atoms with Gasteiger partial charge >= 0.3 is 5.97 Å². The molecule has 152 valence electrons. The van der Waals surface area contributed by atoms with Gasteiger partial charge in [0.25, 0.3) is 5.56 Å². The molecule has 7 heteroatoms. The maximum Gasteiger partial charge on any atom is 0.335 e. The average molecular weight is 412 g/mol. The smallest absolute Gasteiger partial charge is 0.335 e. The molecule has 0 spiro atoms. The standard InChI is InChI=1S/C22H25N3O3S/c1-13-7-8-16-17(9-13)29-20-19(16)21(26)25(18(23-20)12-24(2)3)11-14-5-4-6-15(10-14)22(27)28/h4-6,10,13H,7-9,11-12H2,1-3H3,(H,27,28). The van der Waals surface area contributed by atoms with Gasteiger partial charge in [0, 0.05) is 4.88 Å². The maximum absolute atomic E-state index is 13.6. The van der Waals surface area contributed by atoms with E-state index in [-0.39, 0.29) is 11.1 Å². The predicted octanol–water partition coefficient (Wildman–Crippen LogP) is 3.39.